The van der Waals surface area contributed by atoms with Crippen LogP contribution in [0.4, 0.5) is 11.5 Å². The second kappa shape index (κ2) is 4.29. The van der Waals surface area contributed by atoms with Gasteiger partial charge in [0.2, 0.25) is 5.91 Å². The smallest absolute Gasteiger partial charge is 0.244 e. The molecule has 0 spiro atoms. The van der Waals surface area contributed by atoms with Crippen molar-refractivity contribution >= 4 is 17.4 Å². The van der Waals surface area contributed by atoms with E-state index in [1.54, 1.807) is 18.0 Å². The fraction of sp³-hybridized carbons (Fsp3) is 0.364. The van der Waals surface area contributed by atoms with E-state index in [-0.39, 0.29) is 11.9 Å². The van der Waals surface area contributed by atoms with E-state index in [4.69, 9.17) is 11.0 Å². The number of carbonyl (C=O) groups excluding carboxylic acids is 1. The molecule has 0 saturated carbocycles. The Bertz CT molecular complexity index is 493. The van der Waals surface area contributed by atoms with Crippen LogP contribution in [0, 0.1) is 11.3 Å². The maximum atomic E-state index is 11.7. The lowest BCUT2D eigenvalue weighted by Crippen LogP contribution is -2.31. The Morgan fingerprint density at radius 2 is 2.47 bits per heavy atom. The summed E-state index contributed by atoms with van der Waals surface area (Å²) in [6.07, 6.45) is 2.18. The Morgan fingerprint density at radius 1 is 1.71 bits per heavy atom. The molecule has 0 bridgehead atoms. The molecule has 2 heterocycles. The van der Waals surface area contributed by atoms with Gasteiger partial charge >= 0.3 is 0 Å². The maximum absolute atomic E-state index is 11.7. The van der Waals surface area contributed by atoms with E-state index in [0.29, 0.717) is 30.0 Å². The quantitative estimate of drug-likeness (QED) is 0.757. The van der Waals surface area contributed by atoms with Crippen molar-refractivity contribution in [3.63, 3.8) is 0 Å². The van der Waals surface area contributed by atoms with Gasteiger partial charge in [0.25, 0.3) is 0 Å². The van der Waals surface area contributed by atoms with Gasteiger partial charge in [0, 0.05) is 13.6 Å². The largest absolute Gasteiger partial charge is 0.397 e. The summed E-state index contributed by atoms with van der Waals surface area (Å²) in [5.74, 6) is 0.433. The second-order valence-electron chi connectivity index (χ2n) is 4.02. The number of hydrogen-bond acceptors (Lipinski definition) is 5. The van der Waals surface area contributed by atoms with Crippen LogP contribution >= 0.6 is 0 Å². The molecule has 1 amide bonds. The van der Waals surface area contributed by atoms with Crippen LogP contribution in [0.25, 0.3) is 0 Å². The Balaban J connectivity index is 2.20. The first-order valence-corrected chi connectivity index (χ1v) is 5.29. The van der Waals surface area contributed by atoms with Crippen molar-refractivity contribution < 1.29 is 4.79 Å². The monoisotopic (exact) mass is 231 g/mol. The van der Waals surface area contributed by atoms with Gasteiger partial charge in [-0.3, -0.25) is 4.79 Å². The number of rotatable bonds is 2. The topological polar surface area (TPSA) is 95.0 Å². The van der Waals surface area contributed by atoms with E-state index in [2.05, 4.69) is 10.3 Å². The summed E-state index contributed by atoms with van der Waals surface area (Å²) >= 11 is 0. The molecule has 0 radical (unpaired) electrons. The zero-order valence-electron chi connectivity index (χ0n) is 9.47. The highest BCUT2D eigenvalue weighted by atomic mass is 16.2. The lowest BCUT2D eigenvalue weighted by Gasteiger charge is -2.13. The summed E-state index contributed by atoms with van der Waals surface area (Å²) in [5, 5.41) is 11.9. The van der Waals surface area contributed by atoms with Crippen molar-refractivity contribution in [3.8, 4) is 6.07 Å². The van der Waals surface area contributed by atoms with Crippen LogP contribution in [-0.2, 0) is 4.79 Å². The third kappa shape index (κ3) is 2.13. The highest BCUT2D eigenvalue weighted by Gasteiger charge is 2.29. The molecule has 6 nitrogen and oxygen atoms in total. The molecular weight excluding hydrogens is 218 g/mol. The summed E-state index contributed by atoms with van der Waals surface area (Å²) in [7, 11) is 1.76. The number of nitrogens with zero attached hydrogens (tertiary/aromatic N) is 3. The van der Waals surface area contributed by atoms with Gasteiger partial charge in [0.1, 0.15) is 17.9 Å². The van der Waals surface area contributed by atoms with Gasteiger partial charge in [-0.1, -0.05) is 0 Å². The zero-order valence-corrected chi connectivity index (χ0v) is 9.47. The Kier molecular flexibility index (Phi) is 2.83. The summed E-state index contributed by atoms with van der Waals surface area (Å²) in [5.41, 5.74) is 6.33. The van der Waals surface area contributed by atoms with Crippen LogP contribution in [0.15, 0.2) is 12.3 Å². The molecule has 3 N–H and O–H groups in total. The van der Waals surface area contributed by atoms with Crippen molar-refractivity contribution in [2.75, 3.05) is 24.6 Å². The molecule has 2 rings (SSSR count). The van der Waals surface area contributed by atoms with E-state index >= 15 is 0 Å². The summed E-state index contributed by atoms with van der Waals surface area (Å²) < 4.78 is 0. The molecule has 88 valence electrons. The first kappa shape index (κ1) is 11.2. The summed E-state index contributed by atoms with van der Waals surface area (Å²) in [4.78, 5) is 17.4. The van der Waals surface area contributed by atoms with Gasteiger partial charge in [0.05, 0.1) is 17.4 Å². The third-order valence-electron chi connectivity index (χ3n) is 2.77. The van der Waals surface area contributed by atoms with E-state index in [1.807, 2.05) is 6.07 Å². The van der Waals surface area contributed by atoms with Crippen molar-refractivity contribution in [2.24, 2.45) is 0 Å². The number of pyridine rings is 1. The Hall–Kier alpha value is -2.29. The number of anilines is 2. The third-order valence-corrected chi connectivity index (χ3v) is 2.77. The summed E-state index contributed by atoms with van der Waals surface area (Å²) in [6, 6.07) is 3.24. The van der Waals surface area contributed by atoms with Gasteiger partial charge in [0.15, 0.2) is 0 Å². The normalized spacial score (nSPS) is 19.2. The molecule has 0 aromatic carbocycles. The fourth-order valence-corrected chi connectivity index (χ4v) is 1.80. The average Bonchev–Trinajstić information content (AvgIpc) is 2.63. The molecule has 1 aromatic heterocycles. The second-order valence-corrected chi connectivity index (χ2v) is 4.02. The molecule has 1 atom stereocenters. The number of nitrogens with one attached hydrogen (secondary N) is 1. The van der Waals surface area contributed by atoms with Gasteiger partial charge in [-0.05, 0) is 12.5 Å². The van der Waals surface area contributed by atoms with Gasteiger partial charge < -0.3 is 16.0 Å². The van der Waals surface area contributed by atoms with E-state index in [9.17, 15) is 4.79 Å². The van der Waals surface area contributed by atoms with Gasteiger partial charge in [-0.2, -0.15) is 5.26 Å². The molecule has 17 heavy (non-hydrogen) atoms. The molecule has 1 aliphatic heterocycles. The minimum Gasteiger partial charge on any atom is -0.397 e. The van der Waals surface area contributed by atoms with Crippen molar-refractivity contribution in [3.05, 3.63) is 17.8 Å². The van der Waals surface area contributed by atoms with Crippen LogP contribution in [0.1, 0.15) is 12.0 Å². The maximum Gasteiger partial charge on any atom is 0.244 e. The van der Waals surface area contributed by atoms with Gasteiger partial charge in [-0.15, -0.1) is 0 Å². The van der Waals surface area contributed by atoms with Crippen LogP contribution in [-0.4, -0.2) is 35.4 Å². The van der Waals surface area contributed by atoms with E-state index < -0.39 is 0 Å². The van der Waals surface area contributed by atoms with Crippen LogP contribution in [0.5, 0.6) is 0 Å². The molecule has 1 aliphatic rings. The number of nitrogen functional groups attached to an aromatic ring is 1. The standard InChI is InChI=1S/C11H13N5O/c1-16-3-2-9(11(16)17)15-10-7(5-12)4-8(13)6-14-10/h4,6,9H,2-3,13H2,1H3,(H,14,15). The molecule has 0 aliphatic carbocycles. The zero-order chi connectivity index (χ0) is 12.4. The molecule has 6 heteroatoms. The Labute approximate surface area is 99.0 Å². The van der Waals surface area contributed by atoms with Gasteiger partial charge in [-0.25, -0.2) is 4.98 Å². The number of nitriles is 1. The van der Waals surface area contributed by atoms with E-state index in [1.165, 1.54) is 6.20 Å². The number of nitrogens with two attached hydrogens (primary N) is 1. The fourth-order valence-electron chi connectivity index (χ4n) is 1.80. The predicted molar refractivity (Wildman–Crippen MR) is 63.0 cm³/mol. The Morgan fingerprint density at radius 3 is 3.06 bits per heavy atom. The first-order chi connectivity index (χ1) is 8.11. The van der Waals surface area contributed by atoms with Crippen molar-refractivity contribution in [1.29, 1.82) is 5.26 Å². The molecular formula is C11H13N5O. The highest BCUT2D eigenvalue weighted by Crippen LogP contribution is 2.19. The predicted octanol–water partition coefficient (Wildman–Crippen LogP) is 0.178. The number of amides is 1. The summed E-state index contributed by atoms with van der Waals surface area (Å²) in [6.45, 7) is 0.716. The molecule has 1 unspecified atom stereocenters. The minimum absolute atomic E-state index is 0.0208. The molecule has 1 saturated heterocycles. The van der Waals surface area contributed by atoms with E-state index in [0.717, 1.165) is 0 Å². The lowest BCUT2D eigenvalue weighted by atomic mass is 10.2. The number of likely N-dealkylation sites (N-methyl/N-ethyl adjacent to an activating group) is 1. The van der Waals surface area contributed by atoms with Crippen LogP contribution in [0.2, 0.25) is 0 Å². The lowest BCUT2D eigenvalue weighted by molar-refractivity contribution is -0.127. The SMILES string of the molecule is CN1CCC(Nc2ncc(N)cc2C#N)C1=O. The minimum atomic E-state index is -0.303. The number of likely N-dealkylation sites (tertiary alicyclic amines) is 1. The number of aromatic nitrogens is 1. The van der Waals surface area contributed by atoms with Crippen molar-refractivity contribution in [1.82, 2.24) is 9.88 Å². The average molecular weight is 231 g/mol. The first-order valence-electron chi connectivity index (χ1n) is 5.29. The molecule has 1 aromatic rings. The van der Waals surface area contributed by atoms with Crippen LogP contribution in [0.3, 0.4) is 0 Å². The van der Waals surface area contributed by atoms with Crippen LogP contribution < -0.4 is 11.1 Å². The van der Waals surface area contributed by atoms with Crippen molar-refractivity contribution in [2.45, 2.75) is 12.5 Å². The number of hydrogen-bond donors (Lipinski definition) is 2. The number of carbonyl (C=O) groups is 1. The highest BCUT2D eigenvalue weighted by molar-refractivity contribution is 5.86. The molecule has 1 fully saturated rings.